The van der Waals surface area contributed by atoms with Crippen LogP contribution >= 0.6 is 7.60 Å². The van der Waals surface area contributed by atoms with Crippen molar-refractivity contribution in [3.05, 3.63) is 35.9 Å². The summed E-state index contributed by atoms with van der Waals surface area (Å²) in [4.78, 5) is 4.84. The maximum absolute atomic E-state index is 12.6. The Morgan fingerprint density at radius 2 is 1.72 bits per heavy atom. The highest BCUT2D eigenvalue weighted by atomic mass is 31.2. The summed E-state index contributed by atoms with van der Waals surface area (Å²) in [6.45, 7) is 8.58. The average molecular weight is 368 g/mol. The van der Waals surface area contributed by atoms with Crippen LogP contribution in [0.4, 0.5) is 0 Å². The molecule has 0 bridgehead atoms. The number of hydrogen-bond donors (Lipinski definition) is 0. The topological polar surface area (TPSA) is 42.0 Å². The Morgan fingerprint density at radius 1 is 1.12 bits per heavy atom. The number of nitrogens with zero attached hydrogens (tertiary/aromatic N) is 2. The maximum Gasteiger partial charge on any atom is 0.331 e. The van der Waals surface area contributed by atoms with Crippen LogP contribution in [0.3, 0.4) is 0 Å². The molecule has 0 aliphatic carbocycles. The van der Waals surface area contributed by atoms with Crippen molar-refractivity contribution in [2.75, 3.05) is 46.1 Å². The predicted octanol–water partition coefficient (Wildman–Crippen LogP) is 3.85. The first kappa shape index (κ1) is 20.6. The van der Waals surface area contributed by atoms with Gasteiger partial charge in [0.1, 0.15) is 0 Å². The lowest BCUT2D eigenvalue weighted by atomic mass is 10.0. The van der Waals surface area contributed by atoms with Crippen molar-refractivity contribution < 1.29 is 13.6 Å². The van der Waals surface area contributed by atoms with E-state index in [1.165, 1.54) is 5.56 Å². The van der Waals surface area contributed by atoms with Gasteiger partial charge in [0.25, 0.3) is 0 Å². The Balaban J connectivity index is 1.75. The molecule has 5 nitrogen and oxygen atoms in total. The molecule has 0 spiro atoms. The highest BCUT2D eigenvalue weighted by Gasteiger charge is 2.27. The molecule has 2 rings (SSSR count). The van der Waals surface area contributed by atoms with Crippen molar-refractivity contribution in [1.82, 2.24) is 9.80 Å². The minimum Gasteiger partial charge on any atom is -0.309 e. The van der Waals surface area contributed by atoms with Gasteiger partial charge in [0.2, 0.25) is 0 Å². The molecule has 0 aromatic heterocycles. The van der Waals surface area contributed by atoms with Crippen molar-refractivity contribution in [1.29, 1.82) is 0 Å². The van der Waals surface area contributed by atoms with E-state index in [1.807, 2.05) is 13.8 Å². The molecule has 0 N–H and O–H groups in total. The van der Waals surface area contributed by atoms with Gasteiger partial charge in [-0.2, -0.15) is 0 Å². The van der Waals surface area contributed by atoms with Crippen LogP contribution in [-0.4, -0.2) is 61.9 Å². The van der Waals surface area contributed by atoms with E-state index in [-0.39, 0.29) is 0 Å². The number of piperidine rings is 1. The molecule has 0 atom stereocenters. The quantitative estimate of drug-likeness (QED) is 0.587. The molecule has 6 heteroatoms. The summed E-state index contributed by atoms with van der Waals surface area (Å²) in [5.41, 5.74) is 1.38. The molecule has 0 unspecified atom stereocenters. The molecule has 1 aliphatic rings. The average Bonchev–Trinajstić information content (AvgIpc) is 2.62. The van der Waals surface area contributed by atoms with Crippen LogP contribution in [0.15, 0.2) is 30.3 Å². The number of hydrogen-bond acceptors (Lipinski definition) is 5. The fourth-order valence-electron chi connectivity index (χ4n) is 3.38. The molecule has 1 saturated heterocycles. The fraction of sp³-hybridized carbons (Fsp3) is 0.684. The van der Waals surface area contributed by atoms with Crippen LogP contribution in [0.25, 0.3) is 0 Å². The second-order valence-corrected chi connectivity index (χ2v) is 8.83. The lowest BCUT2D eigenvalue weighted by Gasteiger charge is -2.37. The second kappa shape index (κ2) is 10.4. The van der Waals surface area contributed by atoms with Crippen molar-refractivity contribution in [2.24, 2.45) is 0 Å². The van der Waals surface area contributed by atoms with E-state index < -0.39 is 7.60 Å². The number of rotatable bonds is 10. The molecule has 1 heterocycles. The number of benzene rings is 1. The van der Waals surface area contributed by atoms with Gasteiger partial charge in [-0.15, -0.1) is 0 Å². The van der Waals surface area contributed by atoms with E-state index in [0.29, 0.717) is 25.4 Å². The fourth-order valence-corrected chi connectivity index (χ4v) is 5.06. The Labute approximate surface area is 152 Å². The van der Waals surface area contributed by atoms with Crippen molar-refractivity contribution in [3.63, 3.8) is 0 Å². The predicted molar refractivity (Wildman–Crippen MR) is 103 cm³/mol. The van der Waals surface area contributed by atoms with Crippen molar-refractivity contribution in [3.8, 4) is 0 Å². The maximum atomic E-state index is 12.6. The number of likely N-dealkylation sites (tertiary alicyclic amines) is 1. The molecule has 0 radical (unpaired) electrons. The van der Waals surface area contributed by atoms with E-state index in [9.17, 15) is 4.57 Å². The molecule has 142 valence electrons. The van der Waals surface area contributed by atoms with Gasteiger partial charge in [0.15, 0.2) is 0 Å². The molecule has 0 saturated carbocycles. The van der Waals surface area contributed by atoms with E-state index in [4.69, 9.17) is 9.05 Å². The first-order valence-corrected chi connectivity index (χ1v) is 11.1. The van der Waals surface area contributed by atoms with E-state index in [0.717, 1.165) is 39.0 Å². The Morgan fingerprint density at radius 3 is 2.28 bits per heavy atom. The Hall–Kier alpha value is -0.710. The van der Waals surface area contributed by atoms with Gasteiger partial charge in [-0.3, -0.25) is 9.46 Å². The molecular weight excluding hydrogens is 335 g/mol. The molecule has 1 fully saturated rings. The van der Waals surface area contributed by atoms with E-state index in [1.54, 1.807) is 0 Å². The third-order valence-electron chi connectivity index (χ3n) is 4.81. The highest BCUT2D eigenvalue weighted by molar-refractivity contribution is 7.53. The summed E-state index contributed by atoms with van der Waals surface area (Å²) in [6.07, 6.45) is 2.77. The zero-order chi connectivity index (χ0) is 18.1. The van der Waals surface area contributed by atoms with E-state index >= 15 is 0 Å². The van der Waals surface area contributed by atoms with Crippen LogP contribution in [0.2, 0.25) is 0 Å². The smallest absolute Gasteiger partial charge is 0.309 e. The second-order valence-electron chi connectivity index (χ2n) is 6.64. The zero-order valence-corrected chi connectivity index (χ0v) is 16.8. The van der Waals surface area contributed by atoms with Crippen molar-refractivity contribution in [2.45, 2.75) is 39.3 Å². The molecule has 1 aromatic carbocycles. The van der Waals surface area contributed by atoms with Gasteiger partial charge < -0.3 is 13.9 Å². The normalized spacial score (nSPS) is 17.3. The summed E-state index contributed by atoms with van der Waals surface area (Å²) >= 11 is 0. The minimum atomic E-state index is -2.93. The third kappa shape index (κ3) is 6.84. The molecule has 0 amide bonds. The van der Waals surface area contributed by atoms with Crippen LogP contribution in [0.1, 0.15) is 32.3 Å². The first-order chi connectivity index (χ1) is 12.1. The Bertz CT molecular complexity index is 523. The van der Waals surface area contributed by atoms with Crippen molar-refractivity contribution >= 4 is 7.60 Å². The largest absolute Gasteiger partial charge is 0.331 e. The summed E-state index contributed by atoms with van der Waals surface area (Å²) in [6, 6.07) is 11.2. The van der Waals surface area contributed by atoms with Gasteiger partial charge in [-0.05, 0) is 52.4 Å². The lowest BCUT2D eigenvalue weighted by molar-refractivity contribution is 0.125. The van der Waals surface area contributed by atoms with Crippen LogP contribution < -0.4 is 0 Å². The minimum absolute atomic E-state index is 0.429. The van der Waals surface area contributed by atoms with Crippen LogP contribution in [0.5, 0.6) is 0 Å². The summed E-state index contributed by atoms with van der Waals surface area (Å²) in [5.74, 6) is 0. The first-order valence-electron chi connectivity index (χ1n) is 9.41. The van der Waals surface area contributed by atoms with E-state index in [2.05, 4.69) is 47.2 Å². The molecular formula is C19H33N2O3P. The summed E-state index contributed by atoms with van der Waals surface area (Å²) < 4.78 is 23.4. The van der Waals surface area contributed by atoms with Gasteiger partial charge in [0, 0.05) is 19.1 Å². The zero-order valence-electron chi connectivity index (χ0n) is 15.9. The SMILES string of the molecule is CCOP(=O)(CCN(C)C1CCN(Cc2ccccc2)CC1)OCC. The highest BCUT2D eigenvalue weighted by Crippen LogP contribution is 2.47. The van der Waals surface area contributed by atoms with Gasteiger partial charge in [-0.25, -0.2) is 0 Å². The molecule has 25 heavy (non-hydrogen) atoms. The molecule has 1 aromatic rings. The third-order valence-corrected chi connectivity index (χ3v) is 6.86. The lowest BCUT2D eigenvalue weighted by Crippen LogP contribution is -2.43. The van der Waals surface area contributed by atoms with Gasteiger partial charge in [0.05, 0.1) is 19.4 Å². The standard InChI is InChI=1S/C19H33N2O3P/c1-4-23-25(22,24-5-2)16-15-20(3)19-11-13-21(14-12-19)17-18-9-7-6-8-10-18/h6-10,19H,4-5,11-17H2,1-3H3. The summed E-state index contributed by atoms with van der Waals surface area (Å²) in [5, 5.41) is 0. The monoisotopic (exact) mass is 368 g/mol. The Kier molecular flexibility index (Phi) is 8.60. The summed E-state index contributed by atoms with van der Waals surface area (Å²) in [7, 11) is -0.810. The van der Waals surface area contributed by atoms with Crippen LogP contribution in [-0.2, 0) is 20.2 Å². The van der Waals surface area contributed by atoms with Gasteiger partial charge >= 0.3 is 7.60 Å². The molecule has 1 aliphatic heterocycles. The van der Waals surface area contributed by atoms with Crippen LogP contribution in [0, 0.1) is 0 Å². The van der Waals surface area contributed by atoms with Gasteiger partial charge in [-0.1, -0.05) is 30.3 Å².